The van der Waals surface area contributed by atoms with E-state index in [1.165, 1.54) is 16.7 Å². The van der Waals surface area contributed by atoms with Crippen LogP contribution in [0.1, 0.15) is 27.0 Å². The Bertz CT molecular complexity index is 798. The molecule has 2 aromatic carbocycles. The molecule has 1 fully saturated rings. The highest BCUT2D eigenvalue weighted by molar-refractivity contribution is 7.97. The molecule has 0 aliphatic carbocycles. The molecule has 4 nitrogen and oxygen atoms in total. The largest absolute Gasteiger partial charge is 0.493 e. The van der Waals surface area contributed by atoms with Gasteiger partial charge in [-0.15, -0.1) is 0 Å². The van der Waals surface area contributed by atoms with Crippen LogP contribution in [-0.4, -0.2) is 49.8 Å². The lowest BCUT2D eigenvalue weighted by molar-refractivity contribution is -0.917. The van der Waals surface area contributed by atoms with Crippen molar-refractivity contribution in [2.24, 2.45) is 0 Å². The van der Waals surface area contributed by atoms with Gasteiger partial charge < -0.3 is 14.5 Å². The first kappa shape index (κ1) is 18.4. The molecule has 0 bridgehead atoms. The molecule has 0 unspecified atom stereocenters. The number of hydrogen-bond acceptors (Lipinski definition) is 3. The van der Waals surface area contributed by atoms with Gasteiger partial charge in [0.1, 0.15) is 12.3 Å². The van der Waals surface area contributed by atoms with E-state index in [1.807, 2.05) is 17.0 Å². The summed E-state index contributed by atoms with van der Waals surface area (Å²) in [6, 6.07) is 14.7. The first-order valence-electron chi connectivity index (χ1n) is 9.68. The lowest BCUT2D eigenvalue weighted by atomic mass is 10.1. The van der Waals surface area contributed by atoms with Crippen molar-refractivity contribution in [2.45, 2.75) is 18.7 Å². The third-order valence-electron chi connectivity index (χ3n) is 5.48. The number of hydrogen-bond donors (Lipinski definition) is 1. The lowest BCUT2D eigenvalue weighted by Gasteiger charge is -2.32. The first-order chi connectivity index (χ1) is 13.2. The van der Waals surface area contributed by atoms with E-state index in [2.05, 4.69) is 36.6 Å². The summed E-state index contributed by atoms with van der Waals surface area (Å²) >= 11 is 1.80. The molecule has 2 aliphatic heterocycles. The van der Waals surface area contributed by atoms with Gasteiger partial charge in [0.15, 0.2) is 0 Å². The monoisotopic (exact) mass is 383 g/mol. The summed E-state index contributed by atoms with van der Waals surface area (Å²) < 4.78 is 5.59. The minimum Gasteiger partial charge on any atom is -0.493 e. The van der Waals surface area contributed by atoms with Crippen molar-refractivity contribution in [3.63, 3.8) is 0 Å². The Labute approximate surface area is 165 Å². The number of quaternary nitrogens is 1. The van der Waals surface area contributed by atoms with Crippen LogP contribution in [0.2, 0.25) is 0 Å². The van der Waals surface area contributed by atoms with E-state index in [1.54, 1.807) is 16.7 Å². The molecule has 0 saturated carbocycles. The van der Waals surface area contributed by atoms with E-state index >= 15 is 0 Å². The summed E-state index contributed by atoms with van der Waals surface area (Å²) in [6.07, 6.45) is 3.12. The van der Waals surface area contributed by atoms with Gasteiger partial charge in [-0.3, -0.25) is 4.79 Å². The van der Waals surface area contributed by atoms with Crippen molar-refractivity contribution >= 4 is 17.7 Å². The van der Waals surface area contributed by atoms with Gasteiger partial charge in [0.05, 0.1) is 32.8 Å². The number of nitrogens with zero attached hydrogens (tertiary/aromatic N) is 1. The van der Waals surface area contributed by atoms with E-state index in [-0.39, 0.29) is 5.91 Å². The quantitative estimate of drug-likeness (QED) is 0.858. The van der Waals surface area contributed by atoms with Crippen LogP contribution in [-0.2, 0) is 18.7 Å². The van der Waals surface area contributed by atoms with Crippen LogP contribution in [0.3, 0.4) is 0 Å². The Morgan fingerprint density at radius 3 is 2.59 bits per heavy atom. The van der Waals surface area contributed by atoms with Gasteiger partial charge in [-0.1, -0.05) is 12.1 Å². The average molecular weight is 384 g/mol. The van der Waals surface area contributed by atoms with Crippen molar-refractivity contribution in [1.82, 2.24) is 4.90 Å². The van der Waals surface area contributed by atoms with E-state index in [9.17, 15) is 4.79 Å². The third-order valence-corrected chi connectivity index (χ3v) is 6.10. The molecule has 0 aromatic heterocycles. The Morgan fingerprint density at radius 2 is 1.85 bits per heavy atom. The van der Waals surface area contributed by atoms with Gasteiger partial charge in [-0.2, -0.15) is 11.8 Å². The Hall–Kier alpha value is -1.98. The number of benzene rings is 2. The number of nitrogens with one attached hydrogen (secondary N) is 1. The molecule has 2 heterocycles. The van der Waals surface area contributed by atoms with Gasteiger partial charge in [-0.25, -0.2) is 0 Å². The maximum atomic E-state index is 12.8. The number of carbonyl (C=O) groups is 1. The zero-order valence-corrected chi connectivity index (χ0v) is 16.7. The summed E-state index contributed by atoms with van der Waals surface area (Å²) in [5, 5.41) is 0. The van der Waals surface area contributed by atoms with Gasteiger partial charge in [-0.05, 0) is 47.7 Å². The molecular formula is C22H27N2O2S+. The number of piperazine rings is 1. The Morgan fingerprint density at radius 1 is 1.11 bits per heavy atom. The second-order valence-electron chi connectivity index (χ2n) is 7.39. The SMILES string of the molecule is CSCc1ccc(C(=O)N2CC[NH+](Cc3ccc4c(c3)CCO4)CC2)cc1. The highest BCUT2D eigenvalue weighted by Crippen LogP contribution is 2.25. The molecule has 1 N–H and O–H groups in total. The second kappa shape index (κ2) is 8.36. The fourth-order valence-electron chi connectivity index (χ4n) is 3.93. The molecule has 2 aromatic rings. The van der Waals surface area contributed by atoms with Gasteiger partial charge >= 0.3 is 0 Å². The first-order valence-corrected chi connectivity index (χ1v) is 11.1. The predicted octanol–water partition coefficient (Wildman–Crippen LogP) is 2.03. The molecule has 2 aliphatic rings. The Kier molecular flexibility index (Phi) is 5.69. The normalized spacial score (nSPS) is 16.9. The summed E-state index contributed by atoms with van der Waals surface area (Å²) in [7, 11) is 0. The third kappa shape index (κ3) is 4.30. The summed E-state index contributed by atoms with van der Waals surface area (Å²) in [5.41, 5.74) is 4.79. The smallest absolute Gasteiger partial charge is 0.254 e. The van der Waals surface area contributed by atoms with Crippen LogP contribution in [0.25, 0.3) is 0 Å². The fourth-order valence-corrected chi connectivity index (χ4v) is 4.46. The maximum absolute atomic E-state index is 12.8. The molecule has 0 radical (unpaired) electrons. The highest BCUT2D eigenvalue weighted by atomic mass is 32.2. The Balaban J connectivity index is 1.31. The van der Waals surface area contributed by atoms with E-state index < -0.39 is 0 Å². The zero-order valence-electron chi connectivity index (χ0n) is 15.9. The lowest BCUT2D eigenvalue weighted by Crippen LogP contribution is -3.13. The number of rotatable bonds is 5. The number of carbonyl (C=O) groups excluding carboxylic acids is 1. The van der Waals surface area contributed by atoms with Crippen molar-refractivity contribution < 1.29 is 14.4 Å². The van der Waals surface area contributed by atoms with Crippen LogP contribution in [0.5, 0.6) is 5.75 Å². The molecule has 5 heteroatoms. The van der Waals surface area contributed by atoms with Crippen LogP contribution in [0.4, 0.5) is 0 Å². The number of amides is 1. The van der Waals surface area contributed by atoms with Crippen LogP contribution >= 0.6 is 11.8 Å². The average Bonchev–Trinajstić information content (AvgIpc) is 3.17. The topological polar surface area (TPSA) is 34.0 Å². The summed E-state index contributed by atoms with van der Waals surface area (Å²) in [4.78, 5) is 16.3. The highest BCUT2D eigenvalue weighted by Gasteiger charge is 2.25. The van der Waals surface area contributed by atoms with Crippen LogP contribution in [0, 0.1) is 0 Å². The molecule has 4 rings (SSSR count). The maximum Gasteiger partial charge on any atom is 0.254 e. The molecule has 1 amide bonds. The molecule has 1 saturated heterocycles. The standard InChI is InChI=1S/C22H26N2O2S/c1-27-16-17-2-5-19(6-3-17)22(25)24-11-9-23(10-12-24)15-18-4-7-21-20(14-18)8-13-26-21/h2-7,14H,8-13,15-16H2,1H3/p+1. The molecular weight excluding hydrogens is 356 g/mol. The molecule has 0 spiro atoms. The van der Waals surface area contributed by atoms with Gasteiger partial charge in [0.2, 0.25) is 0 Å². The number of fused-ring (bicyclic) bond motifs is 1. The van der Waals surface area contributed by atoms with Gasteiger partial charge in [0.25, 0.3) is 5.91 Å². The number of ether oxygens (including phenoxy) is 1. The van der Waals surface area contributed by atoms with Crippen LogP contribution < -0.4 is 9.64 Å². The van der Waals surface area contributed by atoms with Crippen molar-refractivity contribution in [2.75, 3.05) is 39.0 Å². The minimum absolute atomic E-state index is 0.166. The van der Waals surface area contributed by atoms with Crippen molar-refractivity contribution in [1.29, 1.82) is 0 Å². The van der Waals surface area contributed by atoms with E-state index in [4.69, 9.17) is 4.74 Å². The van der Waals surface area contributed by atoms with Crippen molar-refractivity contribution in [3.8, 4) is 5.75 Å². The second-order valence-corrected chi connectivity index (χ2v) is 8.26. The summed E-state index contributed by atoms with van der Waals surface area (Å²) in [6.45, 7) is 5.50. The van der Waals surface area contributed by atoms with Gasteiger partial charge in [0, 0.05) is 23.3 Å². The van der Waals surface area contributed by atoms with Crippen molar-refractivity contribution in [3.05, 3.63) is 64.7 Å². The van der Waals surface area contributed by atoms with E-state index in [0.717, 1.165) is 62.8 Å². The minimum atomic E-state index is 0.166. The predicted molar refractivity (Wildman–Crippen MR) is 110 cm³/mol. The molecule has 142 valence electrons. The van der Waals surface area contributed by atoms with Crippen LogP contribution in [0.15, 0.2) is 42.5 Å². The molecule has 27 heavy (non-hydrogen) atoms. The zero-order chi connectivity index (χ0) is 18.6. The van der Waals surface area contributed by atoms with E-state index in [0.29, 0.717) is 0 Å². The summed E-state index contributed by atoms with van der Waals surface area (Å²) in [5.74, 6) is 2.21. The fraction of sp³-hybridized carbons (Fsp3) is 0.409. The molecule has 0 atom stereocenters. The number of thioether (sulfide) groups is 1.